The van der Waals surface area contributed by atoms with Crippen molar-refractivity contribution < 1.29 is 9.53 Å². The van der Waals surface area contributed by atoms with Gasteiger partial charge in [0.05, 0.1) is 18.6 Å². The molecule has 0 unspecified atom stereocenters. The van der Waals surface area contributed by atoms with Crippen molar-refractivity contribution in [2.24, 2.45) is 11.1 Å². The summed E-state index contributed by atoms with van der Waals surface area (Å²) in [6, 6.07) is 7.59. The van der Waals surface area contributed by atoms with Gasteiger partial charge in [-0.3, -0.25) is 4.79 Å². The van der Waals surface area contributed by atoms with Crippen LogP contribution in [0.5, 0.6) is 5.75 Å². The molecule has 0 aliphatic carbocycles. The summed E-state index contributed by atoms with van der Waals surface area (Å²) in [5, 5.41) is 2.96. The van der Waals surface area contributed by atoms with E-state index in [1.54, 1.807) is 7.11 Å². The van der Waals surface area contributed by atoms with Crippen LogP contribution >= 0.6 is 0 Å². The molecule has 0 aromatic heterocycles. The predicted molar refractivity (Wildman–Crippen MR) is 72.4 cm³/mol. The molecule has 0 heterocycles. The number of amides is 1. The number of hydrogen-bond donors (Lipinski definition) is 2. The van der Waals surface area contributed by atoms with Crippen molar-refractivity contribution in [3.05, 3.63) is 29.8 Å². The van der Waals surface area contributed by atoms with Crippen LogP contribution in [0, 0.1) is 5.41 Å². The van der Waals surface area contributed by atoms with Crippen molar-refractivity contribution in [3.8, 4) is 5.75 Å². The topological polar surface area (TPSA) is 64.3 Å². The summed E-state index contributed by atoms with van der Waals surface area (Å²) in [7, 11) is 1.62. The maximum atomic E-state index is 12.0. The number of nitrogens with one attached hydrogen (secondary N) is 1. The quantitative estimate of drug-likeness (QED) is 0.838. The zero-order valence-corrected chi connectivity index (χ0v) is 11.5. The third-order valence-corrected chi connectivity index (χ3v) is 3.07. The molecule has 0 saturated carbocycles. The van der Waals surface area contributed by atoms with Crippen LogP contribution in [0.2, 0.25) is 0 Å². The normalized spacial score (nSPS) is 12.9. The summed E-state index contributed by atoms with van der Waals surface area (Å²) in [4.78, 5) is 12.0. The molecule has 0 aliphatic rings. The van der Waals surface area contributed by atoms with Crippen molar-refractivity contribution in [3.63, 3.8) is 0 Å². The highest BCUT2D eigenvalue weighted by atomic mass is 16.5. The highest BCUT2D eigenvalue weighted by molar-refractivity contribution is 5.82. The molecule has 1 aromatic rings. The van der Waals surface area contributed by atoms with Crippen molar-refractivity contribution in [1.82, 2.24) is 5.32 Å². The summed E-state index contributed by atoms with van der Waals surface area (Å²) in [5.41, 5.74) is 6.05. The van der Waals surface area contributed by atoms with Crippen LogP contribution in [0.3, 0.4) is 0 Å². The molecule has 1 atom stereocenters. The molecular formula is C14H22N2O2. The first-order valence-corrected chi connectivity index (χ1v) is 6.05. The Morgan fingerprint density at radius 2 is 2.17 bits per heavy atom. The molecule has 0 bridgehead atoms. The monoisotopic (exact) mass is 250 g/mol. The number of methoxy groups -OCH3 is 1. The standard InChI is InChI=1S/C14H22N2O2/c1-10(16-13(17)14(2,3)9-15)11-6-5-7-12(8-11)18-4/h5-8,10H,9,15H2,1-4H3,(H,16,17)/t10-/m1/s1. The van der Waals surface area contributed by atoms with Crippen molar-refractivity contribution in [2.45, 2.75) is 26.8 Å². The first-order chi connectivity index (χ1) is 8.40. The second-order valence-electron chi connectivity index (χ2n) is 5.06. The third kappa shape index (κ3) is 3.47. The van der Waals surface area contributed by atoms with Gasteiger partial charge in [-0.1, -0.05) is 12.1 Å². The molecule has 100 valence electrons. The van der Waals surface area contributed by atoms with Crippen LogP contribution < -0.4 is 15.8 Å². The Labute approximate surface area is 109 Å². The van der Waals surface area contributed by atoms with Gasteiger partial charge in [0.25, 0.3) is 0 Å². The highest BCUT2D eigenvalue weighted by Gasteiger charge is 2.26. The van der Waals surface area contributed by atoms with Gasteiger partial charge in [-0.05, 0) is 38.5 Å². The summed E-state index contributed by atoms with van der Waals surface area (Å²) >= 11 is 0. The molecule has 4 heteroatoms. The van der Waals surface area contributed by atoms with Gasteiger partial charge in [0, 0.05) is 6.54 Å². The molecule has 0 fully saturated rings. The van der Waals surface area contributed by atoms with Crippen LogP contribution in [0.25, 0.3) is 0 Å². The number of hydrogen-bond acceptors (Lipinski definition) is 3. The van der Waals surface area contributed by atoms with E-state index in [2.05, 4.69) is 5.32 Å². The van der Waals surface area contributed by atoms with Crippen molar-refractivity contribution >= 4 is 5.91 Å². The van der Waals surface area contributed by atoms with Gasteiger partial charge in [-0.2, -0.15) is 0 Å². The van der Waals surface area contributed by atoms with Gasteiger partial charge in [0.1, 0.15) is 5.75 Å². The van der Waals surface area contributed by atoms with E-state index in [1.807, 2.05) is 45.0 Å². The van der Waals surface area contributed by atoms with E-state index in [4.69, 9.17) is 10.5 Å². The minimum Gasteiger partial charge on any atom is -0.497 e. The number of carbonyl (C=O) groups is 1. The molecule has 0 radical (unpaired) electrons. The first-order valence-electron chi connectivity index (χ1n) is 6.05. The van der Waals surface area contributed by atoms with Crippen LogP contribution in [0.1, 0.15) is 32.4 Å². The number of nitrogens with two attached hydrogens (primary N) is 1. The molecule has 0 saturated heterocycles. The van der Waals surface area contributed by atoms with E-state index in [9.17, 15) is 4.79 Å². The van der Waals surface area contributed by atoms with E-state index in [0.717, 1.165) is 11.3 Å². The number of benzene rings is 1. The Bertz CT molecular complexity index is 416. The second-order valence-corrected chi connectivity index (χ2v) is 5.06. The summed E-state index contributed by atoms with van der Waals surface area (Å²) in [6.07, 6.45) is 0. The van der Waals surface area contributed by atoms with Gasteiger partial charge >= 0.3 is 0 Å². The smallest absolute Gasteiger partial charge is 0.227 e. The Balaban J connectivity index is 2.76. The lowest BCUT2D eigenvalue weighted by molar-refractivity contribution is -0.129. The van der Waals surface area contributed by atoms with E-state index in [0.29, 0.717) is 6.54 Å². The summed E-state index contributed by atoms with van der Waals surface area (Å²) < 4.78 is 5.17. The predicted octanol–water partition coefficient (Wildman–Crippen LogP) is 1.86. The molecule has 4 nitrogen and oxygen atoms in total. The zero-order valence-electron chi connectivity index (χ0n) is 11.5. The van der Waals surface area contributed by atoms with E-state index < -0.39 is 5.41 Å². The second kappa shape index (κ2) is 5.87. The molecule has 0 spiro atoms. The fourth-order valence-corrected chi connectivity index (χ4v) is 1.48. The number of rotatable bonds is 5. The fraction of sp³-hybridized carbons (Fsp3) is 0.500. The van der Waals surface area contributed by atoms with Crippen molar-refractivity contribution in [1.29, 1.82) is 0 Å². The van der Waals surface area contributed by atoms with Gasteiger partial charge in [0.2, 0.25) is 5.91 Å². The molecule has 3 N–H and O–H groups in total. The Hall–Kier alpha value is -1.55. The van der Waals surface area contributed by atoms with Gasteiger partial charge in [-0.25, -0.2) is 0 Å². The Morgan fingerprint density at radius 1 is 1.50 bits per heavy atom. The first kappa shape index (κ1) is 14.5. The molecule has 18 heavy (non-hydrogen) atoms. The van der Waals surface area contributed by atoms with E-state index in [1.165, 1.54) is 0 Å². The molecule has 0 aliphatic heterocycles. The number of carbonyl (C=O) groups excluding carboxylic acids is 1. The lowest BCUT2D eigenvalue weighted by atomic mass is 9.92. The fourth-order valence-electron chi connectivity index (χ4n) is 1.48. The SMILES string of the molecule is COc1cccc([C@@H](C)NC(=O)C(C)(C)CN)c1. The van der Waals surface area contributed by atoms with Gasteiger partial charge < -0.3 is 15.8 Å². The minimum absolute atomic E-state index is 0.0414. The molecule has 1 rings (SSSR count). The van der Waals surface area contributed by atoms with E-state index in [-0.39, 0.29) is 11.9 Å². The average Bonchev–Trinajstić information content (AvgIpc) is 2.38. The van der Waals surface area contributed by atoms with Crippen LogP contribution in [-0.2, 0) is 4.79 Å². The maximum Gasteiger partial charge on any atom is 0.227 e. The molecule has 1 amide bonds. The van der Waals surface area contributed by atoms with Crippen LogP contribution in [-0.4, -0.2) is 19.6 Å². The molecular weight excluding hydrogens is 228 g/mol. The highest BCUT2D eigenvalue weighted by Crippen LogP contribution is 2.21. The third-order valence-electron chi connectivity index (χ3n) is 3.07. The van der Waals surface area contributed by atoms with Crippen molar-refractivity contribution in [2.75, 3.05) is 13.7 Å². The Morgan fingerprint density at radius 3 is 2.72 bits per heavy atom. The zero-order chi connectivity index (χ0) is 13.8. The van der Waals surface area contributed by atoms with E-state index >= 15 is 0 Å². The molecule has 1 aromatic carbocycles. The lowest BCUT2D eigenvalue weighted by Crippen LogP contribution is -2.42. The van der Waals surface area contributed by atoms with Crippen LogP contribution in [0.4, 0.5) is 0 Å². The summed E-state index contributed by atoms with van der Waals surface area (Å²) in [5.74, 6) is 0.743. The lowest BCUT2D eigenvalue weighted by Gasteiger charge is -2.24. The van der Waals surface area contributed by atoms with Gasteiger partial charge in [-0.15, -0.1) is 0 Å². The number of ether oxygens (including phenoxy) is 1. The minimum atomic E-state index is -0.548. The van der Waals surface area contributed by atoms with Gasteiger partial charge in [0.15, 0.2) is 0 Å². The maximum absolute atomic E-state index is 12.0. The summed E-state index contributed by atoms with van der Waals surface area (Å²) in [6.45, 7) is 5.93. The van der Waals surface area contributed by atoms with Crippen LogP contribution in [0.15, 0.2) is 24.3 Å². The average molecular weight is 250 g/mol. The Kier molecular flexibility index (Phi) is 4.73. The largest absolute Gasteiger partial charge is 0.497 e.